The van der Waals surface area contributed by atoms with E-state index in [0.29, 0.717) is 23.0 Å². The van der Waals surface area contributed by atoms with Crippen LogP contribution in [0.25, 0.3) is 0 Å². The number of amides is 1. The van der Waals surface area contributed by atoms with Crippen LogP contribution in [0.5, 0.6) is 0 Å². The summed E-state index contributed by atoms with van der Waals surface area (Å²) in [6, 6.07) is 4.36. The number of halogens is 1. The number of hydrogen-bond donors (Lipinski definition) is 2. The molecular formula is C13H18ClN3O3. The topological polar surface area (TPSA) is 84.3 Å². The first-order chi connectivity index (χ1) is 9.40. The van der Waals surface area contributed by atoms with Crippen molar-refractivity contribution in [2.24, 2.45) is 5.92 Å². The number of hydrogen-bond acceptors (Lipinski definition) is 4. The molecule has 0 aromatic heterocycles. The van der Waals surface area contributed by atoms with Gasteiger partial charge in [0.2, 0.25) is 5.91 Å². The van der Waals surface area contributed by atoms with Crippen molar-refractivity contribution in [1.82, 2.24) is 10.6 Å². The highest BCUT2D eigenvalue weighted by Gasteiger charge is 2.13. The smallest absolute Gasteiger partial charge is 0.273 e. The van der Waals surface area contributed by atoms with Crippen LogP contribution in [0.15, 0.2) is 18.2 Å². The molecular weight excluding hydrogens is 282 g/mol. The lowest BCUT2D eigenvalue weighted by molar-refractivity contribution is -0.385. The molecule has 0 unspecified atom stereocenters. The van der Waals surface area contributed by atoms with Crippen molar-refractivity contribution < 1.29 is 9.72 Å². The van der Waals surface area contributed by atoms with Crippen LogP contribution in [0.4, 0.5) is 5.69 Å². The molecule has 110 valence electrons. The first kappa shape index (κ1) is 16.4. The van der Waals surface area contributed by atoms with Crippen molar-refractivity contribution in [3.05, 3.63) is 38.9 Å². The van der Waals surface area contributed by atoms with Gasteiger partial charge in [0.25, 0.3) is 5.69 Å². The Hall–Kier alpha value is -1.66. The summed E-state index contributed by atoms with van der Waals surface area (Å²) in [4.78, 5) is 21.9. The standard InChI is InChI=1S/C13H18ClN3O3/c1-9(2)6-16-13(18)8-15-7-10-5-11(14)3-4-12(10)17(19)20/h3-5,9,15H,6-8H2,1-2H3,(H,16,18). The fourth-order valence-electron chi connectivity index (χ4n) is 1.56. The Kier molecular flexibility index (Phi) is 6.41. The Bertz CT molecular complexity index is 492. The minimum atomic E-state index is -0.466. The molecule has 1 aromatic carbocycles. The highest BCUT2D eigenvalue weighted by Crippen LogP contribution is 2.22. The zero-order chi connectivity index (χ0) is 15.1. The lowest BCUT2D eigenvalue weighted by Crippen LogP contribution is -2.35. The summed E-state index contributed by atoms with van der Waals surface area (Å²) < 4.78 is 0. The number of nitro groups is 1. The third-order valence-electron chi connectivity index (χ3n) is 2.55. The third-order valence-corrected chi connectivity index (χ3v) is 2.78. The summed E-state index contributed by atoms with van der Waals surface area (Å²) in [5.41, 5.74) is 0.448. The molecule has 2 N–H and O–H groups in total. The van der Waals surface area contributed by atoms with Crippen LogP contribution in [0.2, 0.25) is 5.02 Å². The second kappa shape index (κ2) is 7.81. The fraction of sp³-hybridized carbons (Fsp3) is 0.462. The van der Waals surface area contributed by atoms with Crippen LogP contribution in [0, 0.1) is 16.0 Å². The molecule has 0 aliphatic heterocycles. The van der Waals surface area contributed by atoms with E-state index in [1.165, 1.54) is 18.2 Å². The van der Waals surface area contributed by atoms with Gasteiger partial charge in [-0.15, -0.1) is 0 Å². The van der Waals surface area contributed by atoms with E-state index in [4.69, 9.17) is 11.6 Å². The second-order valence-corrected chi connectivity index (χ2v) is 5.27. The van der Waals surface area contributed by atoms with Crippen LogP contribution in [-0.4, -0.2) is 23.9 Å². The van der Waals surface area contributed by atoms with Gasteiger partial charge >= 0.3 is 0 Å². The number of nitrogens with one attached hydrogen (secondary N) is 2. The molecule has 0 bridgehead atoms. The van der Waals surface area contributed by atoms with Crippen LogP contribution in [0.1, 0.15) is 19.4 Å². The van der Waals surface area contributed by atoms with Gasteiger partial charge in [-0.2, -0.15) is 0 Å². The molecule has 1 aromatic rings. The summed E-state index contributed by atoms with van der Waals surface area (Å²) in [6.45, 7) is 4.94. The van der Waals surface area contributed by atoms with E-state index in [-0.39, 0.29) is 24.7 Å². The normalized spacial score (nSPS) is 10.6. The van der Waals surface area contributed by atoms with Crippen molar-refractivity contribution in [3.8, 4) is 0 Å². The summed E-state index contributed by atoms with van der Waals surface area (Å²) in [6.07, 6.45) is 0. The molecule has 1 amide bonds. The maximum Gasteiger partial charge on any atom is 0.273 e. The first-order valence-corrected chi connectivity index (χ1v) is 6.68. The monoisotopic (exact) mass is 299 g/mol. The van der Waals surface area contributed by atoms with Crippen molar-refractivity contribution in [1.29, 1.82) is 0 Å². The number of carbonyl (C=O) groups is 1. The third kappa shape index (κ3) is 5.54. The van der Waals surface area contributed by atoms with Gasteiger partial charge in [-0.1, -0.05) is 25.4 Å². The molecule has 6 nitrogen and oxygen atoms in total. The molecule has 0 saturated heterocycles. The van der Waals surface area contributed by atoms with E-state index in [2.05, 4.69) is 10.6 Å². The molecule has 0 heterocycles. The van der Waals surface area contributed by atoms with Crippen LogP contribution >= 0.6 is 11.6 Å². The molecule has 0 saturated carbocycles. The summed E-state index contributed by atoms with van der Waals surface area (Å²) in [5, 5.41) is 16.9. The van der Waals surface area contributed by atoms with Gasteiger partial charge in [0.1, 0.15) is 0 Å². The van der Waals surface area contributed by atoms with E-state index in [9.17, 15) is 14.9 Å². The highest BCUT2D eigenvalue weighted by atomic mass is 35.5. The van der Waals surface area contributed by atoms with Crippen LogP contribution in [-0.2, 0) is 11.3 Å². The molecule has 0 spiro atoms. The van der Waals surface area contributed by atoms with Gasteiger partial charge in [0.15, 0.2) is 0 Å². The summed E-state index contributed by atoms with van der Waals surface area (Å²) >= 11 is 5.82. The first-order valence-electron chi connectivity index (χ1n) is 6.30. The molecule has 0 aliphatic carbocycles. The summed E-state index contributed by atoms with van der Waals surface area (Å²) in [7, 11) is 0. The van der Waals surface area contributed by atoms with Gasteiger partial charge in [-0.25, -0.2) is 0 Å². The molecule has 0 fully saturated rings. The maximum absolute atomic E-state index is 11.5. The minimum Gasteiger partial charge on any atom is -0.355 e. The Labute approximate surface area is 122 Å². The summed E-state index contributed by atoms with van der Waals surface area (Å²) in [5.74, 6) is 0.247. The van der Waals surface area contributed by atoms with Gasteiger partial charge in [0, 0.05) is 29.7 Å². The van der Waals surface area contributed by atoms with Crippen LogP contribution in [0.3, 0.4) is 0 Å². The number of carbonyl (C=O) groups excluding carboxylic acids is 1. The molecule has 0 radical (unpaired) electrons. The predicted molar refractivity (Wildman–Crippen MR) is 77.7 cm³/mol. The lowest BCUT2D eigenvalue weighted by atomic mass is 10.2. The average Bonchev–Trinajstić information content (AvgIpc) is 2.36. The Morgan fingerprint density at radius 1 is 1.45 bits per heavy atom. The highest BCUT2D eigenvalue weighted by molar-refractivity contribution is 6.30. The quantitative estimate of drug-likeness (QED) is 0.596. The van der Waals surface area contributed by atoms with Gasteiger partial charge in [-0.05, 0) is 18.1 Å². The maximum atomic E-state index is 11.5. The molecule has 1 rings (SSSR count). The Morgan fingerprint density at radius 3 is 2.75 bits per heavy atom. The zero-order valence-corrected chi connectivity index (χ0v) is 12.2. The van der Waals surface area contributed by atoms with Crippen molar-refractivity contribution >= 4 is 23.2 Å². The van der Waals surface area contributed by atoms with Crippen molar-refractivity contribution in [3.63, 3.8) is 0 Å². The van der Waals surface area contributed by atoms with Crippen LogP contribution < -0.4 is 10.6 Å². The van der Waals surface area contributed by atoms with E-state index in [1.807, 2.05) is 13.8 Å². The minimum absolute atomic E-state index is 0.00973. The van der Waals surface area contributed by atoms with E-state index >= 15 is 0 Å². The lowest BCUT2D eigenvalue weighted by Gasteiger charge is -2.09. The molecule has 0 aliphatic rings. The Balaban J connectivity index is 2.51. The van der Waals surface area contributed by atoms with Gasteiger partial charge < -0.3 is 10.6 Å². The van der Waals surface area contributed by atoms with Crippen molar-refractivity contribution in [2.45, 2.75) is 20.4 Å². The molecule has 20 heavy (non-hydrogen) atoms. The number of nitrogens with zero attached hydrogens (tertiary/aromatic N) is 1. The molecule has 7 heteroatoms. The number of rotatable bonds is 7. The van der Waals surface area contributed by atoms with E-state index in [0.717, 1.165) is 0 Å². The largest absolute Gasteiger partial charge is 0.355 e. The Morgan fingerprint density at radius 2 is 2.15 bits per heavy atom. The predicted octanol–water partition coefficient (Wildman–Crippen LogP) is 2.11. The number of benzene rings is 1. The van der Waals surface area contributed by atoms with E-state index < -0.39 is 4.92 Å². The van der Waals surface area contributed by atoms with Gasteiger partial charge in [-0.3, -0.25) is 14.9 Å². The molecule has 0 atom stereocenters. The number of nitro benzene ring substituents is 1. The zero-order valence-electron chi connectivity index (χ0n) is 11.5. The fourth-order valence-corrected chi connectivity index (χ4v) is 1.76. The van der Waals surface area contributed by atoms with Crippen molar-refractivity contribution in [2.75, 3.05) is 13.1 Å². The SMILES string of the molecule is CC(C)CNC(=O)CNCc1cc(Cl)ccc1[N+](=O)[O-]. The second-order valence-electron chi connectivity index (χ2n) is 4.83. The van der Waals surface area contributed by atoms with Gasteiger partial charge in [0.05, 0.1) is 11.5 Å². The van der Waals surface area contributed by atoms with E-state index in [1.54, 1.807) is 0 Å². The average molecular weight is 300 g/mol.